The molecular formula is C12H19N3O4. The molecule has 0 aliphatic rings. The third-order valence-electron chi connectivity index (χ3n) is 2.74. The van der Waals surface area contributed by atoms with Crippen molar-refractivity contribution in [3.8, 4) is 0 Å². The van der Waals surface area contributed by atoms with Gasteiger partial charge in [0.15, 0.2) is 0 Å². The van der Waals surface area contributed by atoms with E-state index in [2.05, 4.69) is 10.4 Å². The lowest BCUT2D eigenvalue weighted by Crippen LogP contribution is -2.39. The van der Waals surface area contributed by atoms with E-state index in [4.69, 9.17) is 5.11 Å². The van der Waals surface area contributed by atoms with Crippen LogP contribution in [0.15, 0.2) is 21.7 Å². The molecule has 0 aliphatic carbocycles. The molecule has 0 atom stereocenters. The zero-order chi connectivity index (χ0) is 14.5. The van der Waals surface area contributed by atoms with Gasteiger partial charge in [-0.1, -0.05) is 13.8 Å². The number of carbonyl (C=O) groups is 1. The zero-order valence-electron chi connectivity index (χ0n) is 11.1. The maximum absolute atomic E-state index is 11.7. The van der Waals surface area contributed by atoms with Crippen molar-refractivity contribution in [3.05, 3.63) is 32.8 Å². The number of rotatable bonds is 6. The summed E-state index contributed by atoms with van der Waals surface area (Å²) in [5, 5.41) is 13.8. The van der Waals surface area contributed by atoms with Crippen molar-refractivity contribution in [2.45, 2.75) is 26.8 Å². The minimum Gasteiger partial charge on any atom is -0.396 e. The molecule has 7 nitrogen and oxygen atoms in total. The van der Waals surface area contributed by atoms with Crippen LogP contribution in [0.4, 0.5) is 0 Å². The second-order valence-corrected chi connectivity index (χ2v) is 5.15. The number of amides is 1. The number of aliphatic hydroxyl groups excluding tert-OH is 1. The molecule has 0 unspecified atom stereocenters. The molecule has 19 heavy (non-hydrogen) atoms. The van der Waals surface area contributed by atoms with Crippen molar-refractivity contribution >= 4 is 5.91 Å². The van der Waals surface area contributed by atoms with Gasteiger partial charge in [-0.2, -0.15) is 0 Å². The van der Waals surface area contributed by atoms with E-state index in [-0.39, 0.29) is 24.5 Å². The maximum Gasteiger partial charge on any atom is 0.265 e. The summed E-state index contributed by atoms with van der Waals surface area (Å²) in [5.41, 5.74) is -1.10. The Balaban J connectivity index is 2.59. The van der Waals surface area contributed by atoms with E-state index in [1.54, 1.807) is 0 Å². The van der Waals surface area contributed by atoms with Crippen LogP contribution < -0.4 is 16.4 Å². The van der Waals surface area contributed by atoms with E-state index in [0.717, 1.165) is 16.8 Å². The van der Waals surface area contributed by atoms with E-state index < -0.39 is 11.1 Å². The van der Waals surface area contributed by atoms with E-state index in [9.17, 15) is 14.4 Å². The lowest BCUT2D eigenvalue weighted by atomic mass is 9.90. The second kappa shape index (κ2) is 6.33. The minimum absolute atomic E-state index is 0.0499. The highest BCUT2D eigenvalue weighted by atomic mass is 16.3. The Morgan fingerprint density at radius 3 is 2.74 bits per heavy atom. The van der Waals surface area contributed by atoms with Crippen LogP contribution in [0, 0.1) is 5.41 Å². The van der Waals surface area contributed by atoms with Gasteiger partial charge in [-0.25, -0.2) is 4.68 Å². The number of aliphatic hydroxyl groups is 1. The predicted molar refractivity (Wildman–Crippen MR) is 69.8 cm³/mol. The van der Waals surface area contributed by atoms with Crippen molar-refractivity contribution < 1.29 is 9.90 Å². The fourth-order valence-electron chi connectivity index (χ4n) is 1.51. The van der Waals surface area contributed by atoms with Gasteiger partial charge in [-0.05, 0) is 11.8 Å². The van der Waals surface area contributed by atoms with Crippen LogP contribution in [0.5, 0.6) is 0 Å². The first-order valence-electron chi connectivity index (χ1n) is 6.02. The number of nitrogens with zero attached hydrogens (tertiary/aromatic N) is 1. The number of aromatic nitrogens is 2. The normalized spacial score (nSPS) is 11.3. The third-order valence-corrected chi connectivity index (χ3v) is 2.74. The lowest BCUT2D eigenvalue weighted by molar-refractivity contribution is -0.122. The van der Waals surface area contributed by atoms with E-state index in [1.165, 1.54) is 0 Å². The molecule has 0 saturated heterocycles. The Hall–Kier alpha value is -1.89. The molecule has 1 amide bonds. The highest BCUT2D eigenvalue weighted by molar-refractivity contribution is 5.75. The van der Waals surface area contributed by atoms with Gasteiger partial charge in [0.05, 0.1) is 0 Å². The van der Waals surface area contributed by atoms with E-state index >= 15 is 0 Å². The molecule has 0 radical (unpaired) electrons. The van der Waals surface area contributed by atoms with Crippen LogP contribution in [0.3, 0.4) is 0 Å². The van der Waals surface area contributed by atoms with Crippen molar-refractivity contribution in [1.29, 1.82) is 0 Å². The first-order chi connectivity index (χ1) is 8.84. The molecule has 3 N–H and O–H groups in total. The largest absolute Gasteiger partial charge is 0.396 e. The summed E-state index contributed by atoms with van der Waals surface area (Å²) in [6.45, 7) is 4.04. The van der Waals surface area contributed by atoms with Crippen LogP contribution in [0.2, 0.25) is 0 Å². The van der Waals surface area contributed by atoms with E-state index in [0.29, 0.717) is 13.0 Å². The highest BCUT2D eigenvalue weighted by Crippen LogP contribution is 2.17. The van der Waals surface area contributed by atoms with Crippen molar-refractivity contribution in [2.24, 2.45) is 5.41 Å². The first-order valence-corrected chi connectivity index (χ1v) is 6.02. The quantitative estimate of drug-likeness (QED) is 0.620. The predicted octanol–water partition coefficient (Wildman–Crippen LogP) is -0.939. The smallest absolute Gasteiger partial charge is 0.265 e. The standard InChI is InChI=1S/C12H19N3O4/c1-12(2,5-6-16)8-13-10(18)7-15-11(19)4-3-9(17)14-15/h3-4,16H,5-8H2,1-2H3,(H,13,18)(H,14,17). The van der Waals surface area contributed by atoms with Crippen LogP contribution in [-0.2, 0) is 11.3 Å². The molecule has 0 aliphatic heterocycles. The average molecular weight is 269 g/mol. The Kier molecular flexibility index (Phi) is 5.05. The molecule has 0 bridgehead atoms. The Bertz CT molecular complexity index is 544. The number of hydrogen-bond donors (Lipinski definition) is 3. The zero-order valence-corrected chi connectivity index (χ0v) is 11.1. The lowest BCUT2D eigenvalue weighted by Gasteiger charge is -2.23. The Morgan fingerprint density at radius 1 is 1.42 bits per heavy atom. The summed E-state index contributed by atoms with van der Waals surface area (Å²) in [7, 11) is 0. The number of hydrogen-bond acceptors (Lipinski definition) is 4. The number of H-pyrrole nitrogens is 1. The van der Waals surface area contributed by atoms with Crippen LogP contribution in [0.25, 0.3) is 0 Å². The summed E-state index contributed by atoms with van der Waals surface area (Å²) in [5.74, 6) is -0.366. The molecule has 0 saturated carbocycles. The van der Waals surface area contributed by atoms with Gasteiger partial charge in [0.1, 0.15) is 6.54 Å². The van der Waals surface area contributed by atoms with Crippen LogP contribution in [0.1, 0.15) is 20.3 Å². The molecule has 106 valence electrons. The molecule has 1 aromatic heterocycles. The van der Waals surface area contributed by atoms with Crippen molar-refractivity contribution in [3.63, 3.8) is 0 Å². The SMILES string of the molecule is CC(C)(CCO)CNC(=O)Cn1[nH]c(=O)ccc1=O. The Labute approximate surface area is 110 Å². The third kappa shape index (κ3) is 5.09. The minimum atomic E-state index is -0.440. The van der Waals surface area contributed by atoms with Crippen molar-refractivity contribution in [2.75, 3.05) is 13.2 Å². The first kappa shape index (κ1) is 15.2. The van der Waals surface area contributed by atoms with Crippen molar-refractivity contribution in [1.82, 2.24) is 15.1 Å². The van der Waals surface area contributed by atoms with Gasteiger partial charge in [0, 0.05) is 25.3 Å². The molecular weight excluding hydrogens is 250 g/mol. The summed E-state index contributed by atoms with van der Waals surface area (Å²) >= 11 is 0. The van der Waals surface area contributed by atoms with Gasteiger partial charge in [0.25, 0.3) is 11.1 Å². The summed E-state index contributed by atoms with van der Waals surface area (Å²) < 4.78 is 0.955. The topological polar surface area (TPSA) is 104 Å². The molecule has 1 rings (SSSR count). The molecule has 1 heterocycles. The monoisotopic (exact) mass is 269 g/mol. The molecule has 0 fully saturated rings. The fourth-order valence-corrected chi connectivity index (χ4v) is 1.51. The maximum atomic E-state index is 11.7. The highest BCUT2D eigenvalue weighted by Gasteiger charge is 2.18. The van der Waals surface area contributed by atoms with Gasteiger partial charge in [0.2, 0.25) is 5.91 Å². The van der Waals surface area contributed by atoms with Crippen LogP contribution in [-0.4, -0.2) is 33.9 Å². The molecule has 1 aromatic rings. The van der Waals surface area contributed by atoms with Crippen LogP contribution >= 0.6 is 0 Å². The average Bonchev–Trinajstić information content (AvgIpc) is 2.31. The molecule has 7 heteroatoms. The molecule has 0 aromatic carbocycles. The number of nitrogens with one attached hydrogen (secondary N) is 2. The summed E-state index contributed by atoms with van der Waals surface area (Å²) in [6, 6.07) is 2.23. The van der Waals surface area contributed by atoms with E-state index in [1.807, 2.05) is 13.8 Å². The van der Waals surface area contributed by atoms with Gasteiger partial charge in [-0.3, -0.25) is 19.5 Å². The van der Waals surface area contributed by atoms with Gasteiger partial charge >= 0.3 is 0 Å². The second-order valence-electron chi connectivity index (χ2n) is 5.15. The van der Waals surface area contributed by atoms with Gasteiger partial charge < -0.3 is 10.4 Å². The number of aromatic amines is 1. The molecule has 0 spiro atoms. The fraction of sp³-hybridized carbons (Fsp3) is 0.583. The van der Waals surface area contributed by atoms with Gasteiger partial charge in [-0.15, -0.1) is 0 Å². The Morgan fingerprint density at radius 2 is 2.11 bits per heavy atom. The summed E-state index contributed by atoms with van der Waals surface area (Å²) in [4.78, 5) is 34.1. The summed E-state index contributed by atoms with van der Waals surface area (Å²) in [6.07, 6.45) is 0.565. The number of carbonyl (C=O) groups excluding carboxylic acids is 1.